The number of benzene rings is 3. The highest BCUT2D eigenvalue weighted by Crippen LogP contribution is 2.30. The summed E-state index contributed by atoms with van der Waals surface area (Å²) in [7, 11) is -3.93. The zero-order chi connectivity index (χ0) is 22.0. The first-order valence-electron chi connectivity index (χ1n) is 9.37. The number of rotatable bonds is 5. The van der Waals surface area contributed by atoms with Crippen LogP contribution in [-0.4, -0.2) is 14.4 Å². The molecule has 0 radical (unpaired) electrons. The molecule has 0 fully saturated rings. The first-order valence-corrected chi connectivity index (χ1v) is 10.8. The number of carbonyl (C=O) groups is 1. The summed E-state index contributed by atoms with van der Waals surface area (Å²) in [5.41, 5.74) is 1.39. The quantitative estimate of drug-likeness (QED) is 0.293. The van der Waals surface area contributed by atoms with Gasteiger partial charge in [-0.2, -0.15) is 4.73 Å². The van der Waals surface area contributed by atoms with Crippen LogP contribution in [0.25, 0.3) is 10.9 Å². The average molecular weight is 434 g/mol. The Morgan fingerprint density at radius 1 is 0.935 bits per heavy atom. The van der Waals surface area contributed by atoms with E-state index in [1.54, 1.807) is 54.6 Å². The molecule has 0 aliphatic heterocycles. The number of anilines is 1. The Bertz CT molecular complexity index is 1370. The highest BCUT2D eigenvalue weighted by atomic mass is 32.2. The fourth-order valence-electron chi connectivity index (χ4n) is 3.10. The van der Waals surface area contributed by atoms with Crippen LogP contribution in [0.3, 0.4) is 0 Å². The Labute approximate surface area is 179 Å². The molecule has 1 aromatic heterocycles. The zero-order valence-electron chi connectivity index (χ0n) is 16.5. The van der Waals surface area contributed by atoms with Crippen LogP contribution < -0.4 is 14.2 Å². The summed E-state index contributed by atoms with van der Waals surface area (Å²) in [6.07, 6.45) is 1.17. The number of para-hydroxylation sites is 1. The third kappa shape index (κ3) is 4.19. The van der Waals surface area contributed by atoms with E-state index in [2.05, 4.69) is 4.72 Å². The topological polar surface area (TPSA) is 99.4 Å². The molecule has 31 heavy (non-hydrogen) atoms. The van der Waals surface area contributed by atoms with E-state index >= 15 is 0 Å². The number of esters is 1. The van der Waals surface area contributed by atoms with Crippen LogP contribution in [0.1, 0.15) is 15.9 Å². The summed E-state index contributed by atoms with van der Waals surface area (Å²) in [5.74, 6) is -0.441. The minimum Gasteiger partial charge on any atom is -0.618 e. The molecule has 0 saturated heterocycles. The van der Waals surface area contributed by atoms with E-state index in [0.717, 1.165) is 5.56 Å². The lowest BCUT2D eigenvalue weighted by Crippen LogP contribution is -2.28. The lowest BCUT2D eigenvalue weighted by Gasteiger charge is -2.13. The third-order valence-corrected chi connectivity index (χ3v) is 6.05. The summed E-state index contributed by atoms with van der Waals surface area (Å²) < 4.78 is 34.1. The molecule has 0 spiro atoms. The Morgan fingerprint density at radius 2 is 1.65 bits per heavy atom. The number of aryl methyl sites for hydroxylation is 1. The molecule has 3 aromatic carbocycles. The predicted octanol–water partition coefficient (Wildman–Crippen LogP) is 3.80. The van der Waals surface area contributed by atoms with Crippen LogP contribution in [0.15, 0.2) is 90.0 Å². The van der Waals surface area contributed by atoms with E-state index in [1.807, 2.05) is 6.92 Å². The first-order chi connectivity index (χ1) is 14.8. The van der Waals surface area contributed by atoms with Crippen molar-refractivity contribution in [1.29, 1.82) is 0 Å². The molecule has 0 unspecified atom stereocenters. The maximum absolute atomic E-state index is 12.8. The minimum atomic E-state index is -3.93. The van der Waals surface area contributed by atoms with E-state index < -0.39 is 16.0 Å². The van der Waals surface area contributed by atoms with Crippen LogP contribution in [0, 0.1) is 12.1 Å². The molecule has 7 nitrogen and oxygen atoms in total. The molecule has 0 saturated carbocycles. The van der Waals surface area contributed by atoms with Gasteiger partial charge in [-0.3, -0.25) is 4.72 Å². The van der Waals surface area contributed by atoms with Gasteiger partial charge in [0, 0.05) is 6.07 Å². The van der Waals surface area contributed by atoms with Gasteiger partial charge in [0.15, 0.2) is 11.9 Å². The number of hydrogen-bond acceptors (Lipinski definition) is 5. The molecule has 1 heterocycles. The number of pyridine rings is 1. The van der Waals surface area contributed by atoms with Crippen molar-refractivity contribution < 1.29 is 22.7 Å². The number of carbonyl (C=O) groups excluding carboxylic acids is 1. The van der Waals surface area contributed by atoms with Crippen LogP contribution in [0.4, 0.5) is 5.69 Å². The van der Waals surface area contributed by atoms with Crippen molar-refractivity contribution in [2.75, 3.05) is 4.72 Å². The van der Waals surface area contributed by atoms with Crippen LogP contribution in [-0.2, 0) is 10.0 Å². The maximum Gasteiger partial charge on any atom is 0.343 e. The number of aromatic nitrogens is 1. The normalized spacial score (nSPS) is 11.3. The SMILES string of the molecule is Cc1ccc(S(=O)(=O)Nc2cccc3c(OC(=O)c4ccccc4)cc[n+]([O-])c23)cc1. The van der Waals surface area contributed by atoms with Crippen molar-refractivity contribution in [3.8, 4) is 5.75 Å². The Kier molecular flexibility index (Phi) is 5.31. The van der Waals surface area contributed by atoms with E-state index in [0.29, 0.717) is 15.7 Å². The molecule has 0 atom stereocenters. The van der Waals surface area contributed by atoms with Gasteiger partial charge in [-0.05, 0) is 43.3 Å². The Hall–Kier alpha value is -3.91. The van der Waals surface area contributed by atoms with Gasteiger partial charge in [-0.15, -0.1) is 0 Å². The molecule has 156 valence electrons. The van der Waals surface area contributed by atoms with Crippen LogP contribution in [0.5, 0.6) is 5.75 Å². The number of hydrogen-bond donors (Lipinski definition) is 1. The van der Waals surface area contributed by atoms with Crippen molar-refractivity contribution in [2.45, 2.75) is 11.8 Å². The van der Waals surface area contributed by atoms with E-state index in [-0.39, 0.29) is 21.8 Å². The molecule has 0 aliphatic rings. The standard InChI is InChI=1S/C23H18N2O5S/c1-16-10-12-18(13-11-16)31(28,29)24-20-9-5-8-19-21(14-15-25(27)22(19)20)30-23(26)17-6-3-2-4-7-17/h2-15,24H,1H3. The summed E-state index contributed by atoms with van der Waals surface area (Å²) >= 11 is 0. The molecular formula is C23H18N2O5S. The smallest absolute Gasteiger partial charge is 0.343 e. The number of nitrogens with zero attached hydrogens (tertiary/aromatic N) is 1. The fourth-order valence-corrected chi connectivity index (χ4v) is 4.17. The lowest BCUT2D eigenvalue weighted by molar-refractivity contribution is -0.576. The van der Waals surface area contributed by atoms with Gasteiger partial charge in [0.2, 0.25) is 0 Å². The molecule has 0 bridgehead atoms. The van der Waals surface area contributed by atoms with E-state index in [4.69, 9.17) is 4.74 Å². The summed E-state index contributed by atoms with van der Waals surface area (Å²) in [5, 5.41) is 12.8. The molecule has 8 heteroatoms. The van der Waals surface area contributed by atoms with E-state index in [1.165, 1.54) is 30.5 Å². The molecular weight excluding hydrogens is 416 g/mol. The summed E-state index contributed by atoms with van der Waals surface area (Å²) in [4.78, 5) is 12.5. The van der Waals surface area contributed by atoms with Gasteiger partial charge >= 0.3 is 5.97 Å². The number of nitrogens with one attached hydrogen (secondary N) is 1. The fraction of sp³-hybridized carbons (Fsp3) is 0.0435. The summed E-state index contributed by atoms with van der Waals surface area (Å²) in [6.45, 7) is 1.85. The number of sulfonamides is 1. The van der Waals surface area contributed by atoms with E-state index in [9.17, 15) is 18.4 Å². The largest absolute Gasteiger partial charge is 0.618 e. The highest BCUT2D eigenvalue weighted by Gasteiger charge is 2.22. The first kappa shape index (κ1) is 20.4. The zero-order valence-corrected chi connectivity index (χ0v) is 17.3. The second-order valence-corrected chi connectivity index (χ2v) is 8.56. The number of ether oxygens (including phenoxy) is 1. The highest BCUT2D eigenvalue weighted by molar-refractivity contribution is 7.92. The van der Waals surface area contributed by atoms with Crippen molar-refractivity contribution in [1.82, 2.24) is 0 Å². The van der Waals surface area contributed by atoms with Crippen LogP contribution in [0.2, 0.25) is 0 Å². The van der Waals surface area contributed by atoms with Gasteiger partial charge in [-0.25, -0.2) is 13.2 Å². The van der Waals surface area contributed by atoms with Crippen molar-refractivity contribution >= 4 is 32.6 Å². The third-order valence-electron chi connectivity index (χ3n) is 4.67. The van der Waals surface area contributed by atoms with Gasteiger partial charge in [0.25, 0.3) is 15.5 Å². The Morgan fingerprint density at radius 3 is 2.35 bits per heavy atom. The molecule has 0 amide bonds. The monoisotopic (exact) mass is 434 g/mol. The molecule has 0 aliphatic carbocycles. The number of fused-ring (bicyclic) bond motifs is 1. The van der Waals surface area contributed by atoms with Crippen molar-refractivity contribution in [2.24, 2.45) is 0 Å². The second kappa shape index (κ2) is 8.08. The van der Waals surface area contributed by atoms with Crippen LogP contribution >= 0.6 is 0 Å². The Balaban J connectivity index is 1.74. The van der Waals surface area contributed by atoms with Crippen molar-refractivity contribution in [3.05, 3.63) is 101 Å². The minimum absolute atomic E-state index is 0.0385. The predicted molar refractivity (Wildman–Crippen MR) is 116 cm³/mol. The van der Waals surface area contributed by atoms with Crippen molar-refractivity contribution in [3.63, 3.8) is 0 Å². The summed E-state index contributed by atoms with van der Waals surface area (Å²) in [6, 6.07) is 20.8. The van der Waals surface area contributed by atoms with Gasteiger partial charge < -0.3 is 9.94 Å². The van der Waals surface area contributed by atoms with Gasteiger partial charge in [0.05, 0.1) is 15.8 Å². The van der Waals surface area contributed by atoms with Gasteiger partial charge in [0.1, 0.15) is 5.69 Å². The maximum atomic E-state index is 12.8. The lowest BCUT2D eigenvalue weighted by atomic mass is 10.1. The molecule has 4 aromatic rings. The molecule has 4 rings (SSSR count). The second-order valence-electron chi connectivity index (χ2n) is 6.88. The van der Waals surface area contributed by atoms with Gasteiger partial charge in [-0.1, -0.05) is 42.0 Å². The molecule has 1 N–H and O–H groups in total. The average Bonchev–Trinajstić information content (AvgIpc) is 2.76.